The number of halogens is 6. The van der Waals surface area contributed by atoms with Crippen LogP contribution in [0.5, 0.6) is 5.75 Å². The highest BCUT2D eigenvalue weighted by molar-refractivity contribution is 6.67. The predicted molar refractivity (Wildman–Crippen MR) is 167 cm³/mol. The Morgan fingerprint density at radius 3 is 1.41 bits per heavy atom. The van der Waals surface area contributed by atoms with E-state index in [1.807, 2.05) is 48.5 Å². The first-order valence-corrected chi connectivity index (χ1v) is 15.6. The van der Waals surface area contributed by atoms with Crippen molar-refractivity contribution >= 4 is 69.6 Å². The van der Waals surface area contributed by atoms with Crippen LogP contribution in [0.25, 0.3) is 22.5 Å². The fourth-order valence-corrected chi connectivity index (χ4v) is 4.60. The summed E-state index contributed by atoms with van der Waals surface area (Å²) in [5.74, 6) is 0.845. The van der Waals surface area contributed by atoms with Gasteiger partial charge in [0.15, 0.2) is 17.5 Å². The van der Waals surface area contributed by atoms with Crippen molar-refractivity contribution in [3.63, 3.8) is 0 Å². The second-order valence-corrected chi connectivity index (χ2v) is 14.0. The zero-order valence-electron chi connectivity index (χ0n) is 21.9. The van der Waals surface area contributed by atoms with Crippen LogP contribution in [0.2, 0.25) is 0 Å². The molecule has 0 aliphatic carbocycles. The summed E-state index contributed by atoms with van der Waals surface area (Å²) in [7, 11) is 0. The maximum Gasteiger partial charge on any atom is 0.250 e. The maximum absolute atomic E-state index is 5.98. The minimum absolute atomic E-state index is 0.128. The molecule has 0 aliphatic heterocycles. The van der Waals surface area contributed by atoms with Gasteiger partial charge in [-0.05, 0) is 29.7 Å². The molecule has 2 aromatic carbocycles. The average Bonchev–Trinajstić information content (AvgIpc) is 2.91. The molecule has 0 atom stereocenters. The van der Waals surface area contributed by atoms with Gasteiger partial charge in [-0.25, -0.2) is 15.0 Å². The zero-order chi connectivity index (χ0) is 28.3. The molecule has 10 heteroatoms. The number of ether oxygens (including phenoxy) is 1. The largest absolute Gasteiger partial charge is 0.494 e. The summed E-state index contributed by atoms with van der Waals surface area (Å²) < 4.78 is 2.13. The van der Waals surface area contributed by atoms with Gasteiger partial charge >= 0.3 is 0 Å². The fourth-order valence-electron chi connectivity index (χ4n) is 4.09. The minimum Gasteiger partial charge on any atom is -0.494 e. The van der Waals surface area contributed by atoms with Gasteiger partial charge < -0.3 is 4.74 Å². The van der Waals surface area contributed by atoms with E-state index in [9.17, 15) is 0 Å². The van der Waals surface area contributed by atoms with Crippen molar-refractivity contribution in [2.75, 3.05) is 6.61 Å². The molecule has 3 aromatic rings. The number of hydrogen-bond donors (Lipinski definition) is 0. The van der Waals surface area contributed by atoms with Crippen molar-refractivity contribution in [1.29, 1.82) is 0 Å². The maximum atomic E-state index is 5.98. The van der Waals surface area contributed by atoms with Gasteiger partial charge in [-0.15, -0.1) is 0 Å². The molecule has 4 nitrogen and oxygen atoms in total. The third-order valence-corrected chi connectivity index (χ3v) is 7.25. The van der Waals surface area contributed by atoms with E-state index in [4.69, 9.17) is 74.3 Å². The first-order valence-electron chi connectivity index (χ1n) is 13.3. The second kappa shape index (κ2) is 15.8. The zero-order valence-corrected chi connectivity index (χ0v) is 26.5. The van der Waals surface area contributed by atoms with Crippen LogP contribution < -0.4 is 4.74 Å². The van der Waals surface area contributed by atoms with Crippen LogP contribution in [-0.4, -0.2) is 21.6 Å². The molecule has 0 N–H and O–H groups in total. The third kappa shape index (κ3) is 11.1. The molecule has 1 aromatic heterocycles. The molecule has 0 bridgehead atoms. The molecule has 0 saturated carbocycles. The predicted octanol–water partition coefficient (Wildman–Crippen LogP) is 11.2. The van der Waals surface area contributed by atoms with Crippen molar-refractivity contribution in [2.45, 2.75) is 78.7 Å². The first-order chi connectivity index (χ1) is 18.6. The molecule has 0 fully saturated rings. The van der Waals surface area contributed by atoms with Gasteiger partial charge in [0.1, 0.15) is 5.75 Å². The number of unbranched alkanes of at least 4 members (excludes halogenated alkanes) is 9. The Hall–Kier alpha value is -1.01. The van der Waals surface area contributed by atoms with E-state index in [1.165, 1.54) is 57.8 Å². The van der Waals surface area contributed by atoms with Crippen LogP contribution in [0.1, 0.15) is 82.8 Å². The Bertz CT molecular complexity index is 1110. The summed E-state index contributed by atoms with van der Waals surface area (Å²) in [6.45, 7) is 3.00. The van der Waals surface area contributed by atoms with Crippen LogP contribution in [0.4, 0.5) is 0 Å². The van der Waals surface area contributed by atoms with Crippen molar-refractivity contribution in [3.8, 4) is 28.3 Å². The van der Waals surface area contributed by atoms with Crippen molar-refractivity contribution < 1.29 is 4.74 Å². The van der Waals surface area contributed by atoms with Gasteiger partial charge in [0.25, 0.3) is 0 Å². The molecule has 0 radical (unpaired) electrons. The molecule has 0 aliphatic rings. The Balaban J connectivity index is 1.51. The van der Waals surface area contributed by atoms with Crippen molar-refractivity contribution in [1.82, 2.24) is 15.0 Å². The lowest BCUT2D eigenvalue weighted by molar-refractivity contribution is 0.304. The normalized spacial score (nSPS) is 12.1. The molecule has 0 unspecified atom stereocenters. The SMILES string of the molecule is CCCCCCCCCCCCOc1ccc(-c2ccc(-c3nc(C(Cl)(Cl)Cl)nc(C(Cl)(Cl)Cl)n3)cc2)cc1. The summed E-state index contributed by atoms with van der Waals surface area (Å²) in [5, 5.41) is 0. The Kier molecular flexibility index (Phi) is 13.2. The molecule has 1 heterocycles. The lowest BCUT2D eigenvalue weighted by atomic mass is 10.0. The Labute approximate surface area is 261 Å². The van der Waals surface area contributed by atoms with E-state index in [0.29, 0.717) is 5.56 Å². The highest BCUT2D eigenvalue weighted by Crippen LogP contribution is 2.40. The summed E-state index contributed by atoms with van der Waals surface area (Å²) in [5.41, 5.74) is 2.72. The quantitative estimate of drug-likeness (QED) is 0.128. The average molecular weight is 652 g/mol. The van der Waals surface area contributed by atoms with Crippen LogP contribution >= 0.6 is 69.6 Å². The molecular weight excluding hydrogens is 619 g/mol. The summed E-state index contributed by atoms with van der Waals surface area (Å²) >= 11 is 35.9. The van der Waals surface area contributed by atoms with Crippen LogP contribution in [0, 0.1) is 0 Å². The molecule has 3 rings (SSSR count). The molecule has 0 amide bonds. The van der Waals surface area contributed by atoms with Crippen LogP contribution in [0.3, 0.4) is 0 Å². The van der Waals surface area contributed by atoms with Gasteiger partial charge in [-0.3, -0.25) is 0 Å². The van der Waals surface area contributed by atoms with Crippen LogP contribution in [-0.2, 0) is 7.59 Å². The Morgan fingerprint density at radius 1 is 0.538 bits per heavy atom. The van der Waals surface area contributed by atoms with Crippen LogP contribution in [0.15, 0.2) is 48.5 Å². The topological polar surface area (TPSA) is 47.9 Å². The van der Waals surface area contributed by atoms with Crippen molar-refractivity contribution in [3.05, 3.63) is 60.2 Å². The first kappa shape index (κ1) is 32.5. The number of aromatic nitrogens is 3. The fraction of sp³-hybridized carbons (Fsp3) is 0.483. The van der Waals surface area contributed by atoms with Crippen molar-refractivity contribution in [2.24, 2.45) is 0 Å². The third-order valence-electron chi connectivity index (χ3n) is 6.24. The van der Waals surface area contributed by atoms with E-state index in [2.05, 4.69) is 21.9 Å². The lowest BCUT2D eigenvalue weighted by Gasteiger charge is -2.15. The number of benzene rings is 2. The Morgan fingerprint density at radius 2 is 0.949 bits per heavy atom. The molecular formula is C29H33Cl6N3O. The summed E-state index contributed by atoms with van der Waals surface area (Å²) in [6.07, 6.45) is 13.1. The minimum atomic E-state index is -1.90. The number of hydrogen-bond acceptors (Lipinski definition) is 4. The molecule has 212 valence electrons. The monoisotopic (exact) mass is 649 g/mol. The van der Waals surface area contributed by atoms with E-state index >= 15 is 0 Å². The summed E-state index contributed by atoms with van der Waals surface area (Å²) in [4.78, 5) is 12.5. The number of alkyl halides is 6. The van der Waals surface area contributed by atoms with Gasteiger partial charge in [0, 0.05) is 5.56 Å². The van der Waals surface area contributed by atoms with Gasteiger partial charge in [0.2, 0.25) is 7.59 Å². The molecule has 39 heavy (non-hydrogen) atoms. The van der Waals surface area contributed by atoms with Gasteiger partial charge in [0.05, 0.1) is 6.61 Å². The molecule has 0 spiro atoms. The highest BCUT2D eigenvalue weighted by Gasteiger charge is 2.34. The van der Waals surface area contributed by atoms with E-state index < -0.39 is 7.59 Å². The van der Waals surface area contributed by atoms with Gasteiger partial charge in [-0.1, -0.05) is 171 Å². The standard InChI is InChI=1S/C29H33Cl6N3O/c1-2-3-4-5-6-7-8-9-10-11-20-39-24-18-16-22(17-19-24)21-12-14-23(15-13-21)25-36-26(28(30,31)32)38-27(37-25)29(33,34)35/h12-19H,2-11,20H2,1H3. The summed E-state index contributed by atoms with van der Waals surface area (Å²) in [6, 6.07) is 15.7. The van der Waals surface area contributed by atoms with E-state index in [0.717, 1.165) is 29.9 Å². The number of rotatable bonds is 14. The van der Waals surface area contributed by atoms with E-state index in [-0.39, 0.29) is 17.5 Å². The smallest absolute Gasteiger partial charge is 0.250 e. The lowest BCUT2D eigenvalue weighted by Crippen LogP contribution is -2.16. The highest BCUT2D eigenvalue weighted by atomic mass is 35.6. The molecule has 0 saturated heterocycles. The van der Waals surface area contributed by atoms with E-state index in [1.54, 1.807) is 0 Å². The second-order valence-electron chi connectivity index (χ2n) is 9.43. The van der Waals surface area contributed by atoms with Gasteiger partial charge in [-0.2, -0.15) is 0 Å². The number of nitrogens with zero attached hydrogens (tertiary/aromatic N) is 3.